The highest BCUT2D eigenvalue weighted by Gasteiger charge is 2.19. The normalized spacial score (nSPS) is 11.8. The van der Waals surface area contributed by atoms with Gasteiger partial charge >= 0.3 is 5.97 Å². The van der Waals surface area contributed by atoms with Gasteiger partial charge in [0.15, 0.2) is 6.10 Å². The fourth-order valence-electron chi connectivity index (χ4n) is 2.38. The molecule has 1 atom stereocenters. The summed E-state index contributed by atoms with van der Waals surface area (Å²) in [7, 11) is 0. The van der Waals surface area contributed by atoms with Crippen molar-refractivity contribution in [2.45, 2.75) is 13.0 Å². The van der Waals surface area contributed by atoms with Crippen LogP contribution in [0.3, 0.4) is 0 Å². The number of amides is 1. The van der Waals surface area contributed by atoms with Gasteiger partial charge in [-0.05, 0) is 54.1 Å². The SMILES string of the molecule is C[C@H](OC(=O)c1ccc2ccccc2c1)C(=O)Nc1ccc(Cl)cc1. The number of rotatable bonds is 4. The summed E-state index contributed by atoms with van der Waals surface area (Å²) in [5.41, 5.74) is 0.993. The summed E-state index contributed by atoms with van der Waals surface area (Å²) >= 11 is 5.81. The third-order valence-corrected chi connectivity index (χ3v) is 4.00. The minimum Gasteiger partial charge on any atom is -0.449 e. The van der Waals surface area contributed by atoms with E-state index in [0.29, 0.717) is 16.3 Å². The lowest BCUT2D eigenvalue weighted by Crippen LogP contribution is -2.29. The summed E-state index contributed by atoms with van der Waals surface area (Å²) < 4.78 is 5.27. The third-order valence-electron chi connectivity index (χ3n) is 3.75. The van der Waals surface area contributed by atoms with Crippen LogP contribution in [0.5, 0.6) is 0 Å². The zero-order chi connectivity index (χ0) is 17.8. The molecule has 0 unspecified atom stereocenters. The Hall–Kier alpha value is -2.85. The highest BCUT2D eigenvalue weighted by molar-refractivity contribution is 6.30. The first-order chi connectivity index (χ1) is 12.0. The van der Waals surface area contributed by atoms with Crippen LogP contribution < -0.4 is 5.32 Å². The van der Waals surface area contributed by atoms with Crippen molar-refractivity contribution < 1.29 is 14.3 Å². The number of carbonyl (C=O) groups is 2. The van der Waals surface area contributed by atoms with Gasteiger partial charge in [0.2, 0.25) is 0 Å². The molecule has 1 N–H and O–H groups in total. The highest BCUT2D eigenvalue weighted by Crippen LogP contribution is 2.17. The highest BCUT2D eigenvalue weighted by atomic mass is 35.5. The molecule has 0 radical (unpaired) electrons. The molecule has 0 bridgehead atoms. The van der Waals surface area contributed by atoms with E-state index in [1.807, 2.05) is 30.3 Å². The zero-order valence-corrected chi connectivity index (χ0v) is 14.3. The lowest BCUT2D eigenvalue weighted by molar-refractivity contribution is -0.123. The smallest absolute Gasteiger partial charge is 0.338 e. The Bertz CT molecular complexity index is 922. The van der Waals surface area contributed by atoms with Crippen LogP contribution in [0.15, 0.2) is 66.7 Å². The molecule has 0 saturated heterocycles. The van der Waals surface area contributed by atoms with E-state index in [0.717, 1.165) is 10.8 Å². The number of halogens is 1. The lowest BCUT2D eigenvalue weighted by atomic mass is 10.1. The van der Waals surface area contributed by atoms with Gasteiger partial charge in [-0.2, -0.15) is 0 Å². The van der Waals surface area contributed by atoms with E-state index in [9.17, 15) is 9.59 Å². The Morgan fingerprint density at radius 2 is 1.64 bits per heavy atom. The molecule has 5 heteroatoms. The predicted octanol–water partition coefficient (Wildman–Crippen LogP) is 4.68. The summed E-state index contributed by atoms with van der Waals surface area (Å²) in [4.78, 5) is 24.4. The molecule has 0 aliphatic rings. The maximum Gasteiger partial charge on any atom is 0.338 e. The quantitative estimate of drug-likeness (QED) is 0.693. The second kappa shape index (κ2) is 7.36. The average molecular weight is 354 g/mol. The monoisotopic (exact) mass is 353 g/mol. The molecular formula is C20H16ClNO3. The molecule has 3 aromatic carbocycles. The van der Waals surface area contributed by atoms with Crippen molar-refractivity contribution in [3.63, 3.8) is 0 Å². The Morgan fingerprint density at radius 1 is 0.960 bits per heavy atom. The van der Waals surface area contributed by atoms with E-state index < -0.39 is 18.0 Å². The largest absolute Gasteiger partial charge is 0.449 e. The number of hydrogen-bond acceptors (Lipinski definition) is 3. The van der Waals surface area contributed by atoms with Crippen LogP contribution in [-0.4, -0.2) is 18.0 Å². The van der Waals surface area contributed by atoms with E-state index in [1.54, 1.807) is 36.4 Å². The van der Waals surface area contributed by atoms with Gasteiger partial charge in [0.25, 0.3) is 5.91 Å². The minimum atomic E-state index is -0.922. The number of fused-ring (bicyclic) bond motifs is 1. The number of carbonyl (C=O) groups excluding carboxylic acids is 2. The van der Waals surface area contributed by atoms with Crippen LogP contribution in [0, 0.1) is 0 Å². The zero-order valence-electron chi connectivity index (χ0n) is 13.5. The predicted molar refractivity (Wildman–Crippen MR) is 98.9 cm³/mol. The van der Waals surface area contributed by atoms with Crippen LogP contribution in [0.1, 0.15) is 17.3 Å². The Balaban J connectivity index is 1.66. The van der Waals surface area contributed by atoms with Crippen molar-refractivity contribution in [1.82, 2.24) is 0 Å². The molecule has 0 aliphatic heterocycles. The molecule has 0 heterocycles. The Morgan fingerprint density at radius 3 is 2.36 bits per heavy atom. The first-order valence-corrected chi connectivity index (χ1v) is 8.17. The fourth-order valence-corrected chi connectivity index (χ4v) is 2.50. The molecule has 3 aromatic rings. The van der Waals surface area contributed by atoms with Crippen LogP contribution in [0.25, 0.3) is 10.8 Å². The van der Waals surface area contributed by atoms with E-state index in [1.165, 1.54) is 6.92 Å². The molecule has 0 aromatic heterocycles. The number of anilines is 1. The number of benzene rings is 3. The van der Waals surface area contributed by atoms with E-state index >= 15 is 0 Å². The minimum absolute atomic E-state index is 0.406. The first-order valence-electron chi connectivity index (χ1n) is 7.79. The number of hydrogen-bond donors (Lipinski definition) is 1. The summed E-state index contributed by atoms with van der Waals surface area (Å²) in [5.74, 6) is -0.944. The van der Waals surface area contributed by atoms with Gasteiger partial charge in [0, 0.05) is 10.7 Å². The molecule has 1 amide bonds. The van der Waals surface area contributed by atoms with Crippen molar-refractivity contribution >= 4 is 39.9 Å². The number of esters is 1. The number of nitrogens with one attached hydrogen (secondary N) is 1. The Kier molecular flexibility index (Phi) is 5.00. The van der Waals surface area contributed by atoms with Gasteiger partial charge in [-0.15, -0.1) is 0 Å². The third kappa shape index (κ3) is 4.17. The van der Waals surface area contributed by atoms with Gasteiger partial charge in [0.1, 0.15) is 0 Å². The molecule has 4 nitrogen and oxygen atoms in total. The van der Waals surface area contributed by atoms with Crippen LogP contribution in [0.4, 0.5) is 5.69 Å². The molecule has 0 fully saturated rings. The van der Waals surface area contributed by atoms with Gasteiger partial charge in [-0.3, -0.25) is 4.79 Å². The number of ether oxygens (including phenoxy) is 1. The molecule has 0 aliphatic carbocycles. The van der Waals surface area contributed by atoms with Gasteiger partial charge < -0.3 is 10.1 Å². The van der Waals surface area contributed by atoms with Gasteiger partial charge in [0.05, 0.1) is 5.56 Å². The summed E-state index contributed by atoms with van der Waals surface area (Å²) in [6.45, 7) is 1.53. The molecule has 0 spiro atoms. The Labute approximate surface area is 150 Å². The molecule has 3 rings (SSSR count). The average Bonchev–Trinajstić information content (AvgIpc) is 2.63. The molecule has 0 saturated carbocycles. The standard InChI is InChI=1S/C20H16ClNO3/c1-13(19(23)22-18-10-8-17(21)9-11-18)25-20(24)16-7-6-14-4-2-3-5-15(14)12-16/h2-13H,1H3,(H,22,23)/t13-/m0/s1. The maximum absolute atomic E-state index is 12.3. The molecule has 126 valence electrons. The first kappa shape index (κ1) is 17.0. The van der Waals surface area contributed by atoms with Crippen LogP contribution in [0.2, 0.25) is 5.02 Å². The summed E-state index contributed by atoms with van der Waals surface area (Å²) in [6, 6.07) is 19.7. The molecule has 25 heavy (non-hydrogen) atoms. The van der Waals surface area contributed by atoms with E-state index in [2.05, 4.69) is 5.32 Å². The van der Waals surface area contributed by atoms with Crippen LogP contribution in [-0.2, 0) is 9.53 Å². The van der Waals surface area contributed by atoms with Crippen molar-refractivity contribution in [3.05, 3.63) is 77.3 Å². The van der Waals surface area contributed by atoms with Gasteiger partial charge in [-0.25, -0.2) is 4.79 Å². The van der Waals surface area contributed by atoms with E-state index in [-0.39, 0.29) is 0 Å². The second-order valence-electron chi connectivity index (χ2n) is 5.61. The van der Waals surface area contributed by atoms with Crippen molar-refractivity contribution in [2.24, 2.45) is 0 Å². The van der Waals surface area contributed by atoms with Crippen molar-refractivity contribution in [3.8, 4) is 0 Å². The second-order valence-corrected chi connectivity index (χ2v) is 6.04. The van der Waals surface area contributed by atoms with Gasteiger partial charge in [-0.1, -0.05) is 41.9 Å². The summed E-state index contributed by atoms with van der Waals surface area (Å²) in [6.07, 6.45) is -0.922. The maximum atomic E-state index is 12.3. The summed E-state index contributed by atoms with van der Waals surface area (Å²) in [5, 5.41) is 5.23. The van der Waals surface area contributed by atoms with Crippen molar-refractivity contribution in [2.75, 3.05) is 5.32 Å². The van der Waals surface area contributed by atoms with Crippen LogP contribution >= 0.6 is 11.6 Å². The fraction of sp³-hybridized carbons (Fsp3) is 0.100. The lowest BCUT2D eigenvalue weighted by Gasteiger charge is -2.14. The molecular weight excluding hydrogens is 338 g/mol. The van der Waals surface area contributed by atoms with Crippen molar-refractivity contribution in [1.29, 1.82) is 0 Å². The van der Waals surface area contributed by atoms with E-state index in [4.69, 9.17) is 16.3 Å². The topological polar surface area (TPSA) is 55.4 Å².